The molecule has 0 amide bonds. The predicted octanol–water partition coefficient (Wildman–Crippen LogP) is 4.57. The van der Waals surface area contributed by atoms with Gasteiger partial charge in [-0.05, 0) is 65.2 Å². The molecule has 0 spiro atoms. The molecule has 0 aliphatic carbocycles. The van der Waals surface area contributed by atoms with Crippen LogP contribution < -0.4 is 10.5 Å². The van der Waals surface area contributed by atoms with Gasteiger partial charge >= 0.3 is 0 Å². The highest BCUT2D eigenvalue weighted by atomic mass is 79.9. The number of hydrogen-bond donors (Lipinski definition) is 1. The van der Waals surface area contributed by atoms with E-state index in [1.807, 2.05) is 56.3 Å². The Morgan fingerprint density at radius 2 is 1.78 bits per heavy atom. The van der Waals surface area contributed by atoms with Gasteiger partial charge in [0.15, 0.2) is 0 Å². The zero-order valence-electron chi connectivity index (χ0n) is 10.5. The average molecular weight is 306 g/mol. The molecule has 18 heavy (non-hydrogen) atoms. The molecule has 0 heterocycles. The predicted molar refractivity (Wildman–Crippen MR) is 78.0 cm³/mol. The lowest BCUT2D eigenvalue weighted by Gasteiger charge is -2.10. The van der Waals surface area contributed by atoms with Crippen molar-refractivity contribution in [2.75, 3.05) is 0 Å². The quantitative estimate of drug-likeness (QED) is 0.901. The molecule has 0 aliphatic heterocycles. The summed E-state index contributed by atoms with van der Waals surface area (Å²) in [6, 6.07) is 13.9. The van der Waals surface area contributed by atoms with Crippen molar-refractivity contribution in [1.29, 1.82) is 0 Å². The molecule has 1 atom stereocenters. The van der Waals surface area contributed by atoms with Crippen molar-refractivity contribution < 1.29 is 4.74 Å². The van der Waals surface area contributed by atoms with Crippen LogP contribution in [0.4, 0.5) is 0 Å². The van der Waals surface area contributed by atoms with Gasteiger partial charge in [-0.15, -0.1) is 0 Å². The maximum Gasteiger partial charge on any atom is 0.141 e. The molecule has 0 bridgehead atoms. The number of rotatable bonds is 3. The van der Waals surface area contributed by atoms with Crippen LogP contribution in [-0.2, 0) is 0 Å². The molecule has 2 N–H and O–H groups in total. The Kier molecular flexibility index (Phi) is 4.04. The van der Waals surface area contributed by atoms with Gasteiger partial charge in [-0.3, -0.25) is 0 Å². The maximum absolute atomic E-state index is 5.81. The summed E-state index contributed by atoms with van der Waals surface area (Å²) in [5.41, 5.74) is 8.11. The van der Waals surface area contributed by atoms with E-state index >= 15 is 0 Å². The number of halogens is 1. The lowest BCUT2D eigenvalue weighted by molar-refractivity contribution is 0.479. The molecular weight excluding hydrogens is 290 g/mol. The summed E-state index contributed by atoms with van der Waals surface area (Å²) >= 11 is 3.50. The van der Waals surface area contributed by atoms with Crippen LogP contribution in [0.2, 0.25) is 0 Å². The van der Waals surface area contributed by atoms with Crippen molar-refractivity contribution in [2.45, 2.75) is 19.9 Å². The van der Waals surface area contributed by atoms with E-state index in [4.69, 9.17) is 10.5 Å². The second kappa shape index (κ2) is 5.55. The first-order chi connectivity index (χ1) is 8.56. The highest BCUT2D eigenvalue weighted by Crippen LogP contribution is 2.30. The summed E-state index contributed by atoms with van der Waals surface area (Å²) in [6.07, 6.45) is 0. The Balaban J connectivity index is 2.18. The fraction of sp³-hybridized carbons (Fsp3) is 0.200. The first-order valence-electron chi connectivity index (χ1n) is 5.86. The number of aryl methyl sites for hydroxylation is 1. The first kappa shape index (κ1) is 13.1. The van der Waals surface area contributed by atoms with Gasteiger partial charge < -0.3 is 10.5 Å². The third-order valence-electron chi connectivity index (χ3n) is 2.72. The normalized spacial score (nSPS) is 12.2. The van der Waals surface area contributed by atoms with E-state index in [0.717, 1.165) is 21.5 Å². The smallest absolute Gasteiger partial charge is 0.141 e. The molecule has 0 saturated carbocycles. The molecule has 2 aromatic carbocycles. The highest BCUT2D eigenvalue weighted by Gasteiger charge is 2.04. The van der Waals surface area contributed by atoms with Gasteiger partial charge in [0.05, 0.1) is 4.47 Å². The third-order valence-corrected chi connectivity index (χ3v) is 3.34. The fourth-order valence-electron chi connectivity index (χ4n) is 1.66. The molecule has 94 valence electrons. The van der Waals surface area contributed by atoms with E-state index < -0.39 is 0 Å². The van der Waals surface area contributed by atoms with Gasteiger partial charge in [-0.2, -0.15) is 0 Å². The Morgan fingerprint density at radius 1 is 1.11 bits per heavy atom. The topological polar surface area (TPSA) is 35.2 Å². The van der Waals surface area contributed by atoms with Crippen LogP contribution in [0.1, 0.15) is 24.1 Å². The van der Waals surface area contributed by atoms with Crippen LogP contribution in [0.15, 0.2) is 46.9 Å². The minimum Gasteiger partial charge on any atom is -0.456 e. The van der Waals surface area contributed by atoms with Gasteiger partial charge in [0, 0.05) is 6.04 Å². The summed E-state index contributed by atoms with van der Waals surface area (Å²) in [4.78, 5) is 0. The zero-order valence-corrected chi connectivity index (χ0v) is 12.1. The maximum atomic E-state index is 5.81. The monoisotopic (exact) mass is 305 g/mol. The van der Waals surface area contributed by atoms with Crippen molar-refractivity contribution in [2.24, 2.45) is 5.73 Å². The Morgan fingerprint density at radius 3 is 2.33 bits per heavy atom. The molecule has 3 heteroatoms. The van der Waals surface area contributed by atoms with Crippen LogP contribution in [0.25, 0.3) is 0 Å². The molecule has 2 rings (SSSR count). The minimum absolute atomic E-state index is 0.0464. The van der Waals surface area contributed by atoms with Crippen molar-refractivity contribution in [3.05, 3.63) is 58.1 Å². The molecular formula is C15H16BrNO. The summed E-state index contributed by atoms with van der Waals surface area (Å²) in [5.74, 6) is 1.62. The Bertz CT molecular complexity index is 535. The van der Waals surface area contributed by atoms with Crippen LogP contribution in [0.5, 0.6) is 11.5 Å². The highest BCUT2D eigenvalue weighted by molar-refractivity contribution is 9.10. The lowest BCUT2D eigenvalue weighted by Crippen LogP contribution is -2.04. The first-order valence-corrected chi connectivity index (χ1v) is 6.65. The van der Waals surface area contributed by atoms with Crippen LogP contribution >= 0.6 is 15.9 Å². The van der Waals surface area contributed by atoms with Gasteiger partial charge in [-0.1, -0.05) is 18.2 Å². The van der Waals surface area contributed by atoms with E-state index in [0.29, 0.717) is 0 Å². The third kappa shape index (κ3) is 3.12. The van der Waals surface area contributed by atoms with E-state index in [-0.39, 0.29) is 6.04 Å². The molecule has 0 aromatic heterocycles. The second-order valence-corrected chi connectivity index (χ2v) is 5.25. The molecule has 0 fully saturated rings. The van der Waals surface area contributed by atoms with Crippen molar-refractivity contribution in [3.63, 3.8) is 0 Å². The number of nitrogens with two attached hydrogens (primary N) is 1. The average Bonchev–Trinajstić information content (AvgIpc) is 2.33. The van der Waals surface area contributed by atoms with Crippen LogP contribution in [0.3, 0.4) is 0 Å². The molecule has 2 aromatic rings. The largest absolute Gasteiger partial charge is 0.456 e. The molecule has 2 nitrogen and oxygen atoms in total. The molecule has 0 saturated heterocycles. The van der Waals surface area contributed by atoms with Crippen LogP contribution in [0, 0.1) is 6.92 Å². The summed E-state index contributed by atoms with van der Waals surface area (Å²) < 4.78 is 6.77. The van der Waals surface area contributed by atoms with Gasteiger partial charge in [0.2, 0.25) is 0 Å². The van der Waals surface area contributed by atoms with Gasteiger partial charge in [0.1, 0.15) is 11.5 Å². The van der Waals surface area contributed by atoms with E-state index in [2.05, 4.69) is 15.9 Å². The molecule has 0 radical (unpaired) electrons. The lowest BCUT2D eigenvalue weighted by atomic mass is 10.1. The van der Waals surface area contributed by atoms with E-state index in [1.54, 1.807) is 0 Å². The standard InChI is InChI=1S/C15H16BrNO/c1-10-3-8-15(14(16)9-10)18-13-6-4-12(5-7-13)11(2)17/h3-9,11H,17H2,1-2H3/t11-/m0/s1. The summed E-state index contributed by atoms with van der Waals surface area (Å²) in [5, 5.41) is 0. The van der Waals surface area contributed by atoms with Crippen molar-refractivity contribution >= 4 is 15.9 Å². The van der Waals surface area contributed by atoms with Crippen molar-refractivity contribution in [1.82, 2.24) is 0 Å². The molecule has 0 aliphatic rings. The van der Waals surface area contributed by atoms with E-state index in [1.165, 1.54) is 5.56 Å². The van der Waals surface area contributed by atoms with Crippen LogP contribution in [-0.4, -0.2) is 0 Å². The summed E-state index contributed by atoms with van der Waals surface area (Å²) in [6.45, 7) is 4.01. The Labute approximate surface area is 116 Å². The molecule has 0 unspecified atom stereocenters. The Hall–Kier alpha value is -1.32. The van der Waals surface area contributed by atoms with Crippen molar-refractivity contribution in [3.8, 4) is 11.5 Å². The van der Waals surface area contributed by atoms with Gasteiger partial charge in [0.25, 0.3) is 0 Å². The minimum atomic E-state index is 0.0464. The second-order valence-electron chi connectivity index (χ2n) is 4.39. The number of benzene rings is 2. The zero-order chi connectivity index (χ0) is 13.1. The van der Waals surface area contributed by atoms with Gasteiger partial charge in [-0.25, -0.2) is 0 Å². The van der Waals surface area contributed by atoms with E-state index in [9.17, 15) is 0 Å². The number of hydrogen-bond acceptors (Lipinski definition) is 2. The number of ether oxygens (including phenoxy) is 1. The summed E-state index contributed by atoms with van der Waals surface area (Å²) in [7, 11) is 0. The fourth-order valence-corrected chi connectivity index (χ4v) is 2.23. The SMILES string of the molecule is Cc1ccc(Oc2ccc([C@H](C)N)cc2)c(Br)c1.